The number of anilines is 1. The average Bonchev–Trinajstić information content (AvgIpc) is 3.40. The number of aliphatic hydroxyl groups is 1. The minimum absolute atomic E-state index is 0.113. The second kappa shape index (κ2) is 9.61. The van der Waals surface area contributed by atoms with Crippen LogP contribution in [0.3, 0.4) is 0 Å². The van der Waals surface area contributed by atoms with E-state index in [0.717, 1.165) is 0 Å². The first-order valence-corrected chi connectivity index (χ1v) is 12.4. The van der Waals surface area contributed by atoms with E-state index in [9.17, 15) is 18.7 Å². The molecule has 9 nitrogen and oxygen atoms in total. The first-order valence-electron chi connectivity index (χ1n) is 12.4. The second-order valence-electron chi connectivity index (χ2n) is 9.66. The normalized spacial score (nSPS) is 19.3. The molecule has 0 amide bonds. The van der Waals surface area contributed by atoms with Gasteiger partial charge in [0.1, 0.15) is 23.8 Å². The maximum Gasteiger partial charge on any atom is 0.330 e. The zero-order valence-corrected chi connectivity index (χ0v) is 20.7. The molecule has 0 aliphatic heterocycles. The molecule has 1 atom stereocenters. The van der Waals surface area contributed by atoms with Crippen LogP contribution >= 0.6 is 0 Å². The van der Waals surface area contributed by atoms with E-state index in [0.29, 0.717) is 73.1 Å². The largest absolute Gasteiger partial charge is 0.393 e. The van der Waals surface area contributed by atoms with Crippen LogP contribution in [0.1, 0.15) is 51.5 Å². The molecule has 1 aliphatic carbocycles. The Balaban J connectivity index is 1.72. The SMILES string of the molecule is CCC(F)CCN(C)c1nc(-n2cnc3ccc(F)cc32)nc2c1n(C)c(=O)n2C1CCC(O)CC1. The number of benzene rings is 1. The number of nitrogens with zero attached hydrogens (tertiary/aromatic N) is 7. The maximum atomic E-state index is 14.1. The van der Waals surface area contributed by atoms with Crippen molar-refractivity contribution in [2.75, 3.05) is 18.5 Å². The summed E-state index contributed by atoms with van der Waals surface area (Å²) in [7, 11) is 3.50. The van der Waals surface area contributed by atoms with Crippen LogP contribution in [0.4, 0.5) is 14.6 Å². The Kier molecular flexibility index (Phi) is 6.50. The molecule has 5 rings (SSSR count). The number of aliphatic hydroxyl groups excluding tert-OH is 1. The molecule has 3 aromatic heterocycles. The lowest BCUT2D eigenvalue weighted by molar-refractivity contribution is 0.110. The van der Waals surface area contributed by atoms with Gasteiger partial charge in [0.25, 0.3) is 0 Å². The summed E-state index contributed by atoms with van der Waals surface area (Å²) in [5.74, 6) is 0.333. The van der Waals surface area contributed by atoms with Gasteiger partial charge in [0.15, 0.2) is 11.5 Å². The van der Waals surface area contributed by atoms with E-state index in [-0.39, 0.29) is 23.8 Å². The van der Waals surface area contributed by atoms with Crippen molar-refractivity contribution in [2.45, 2.75) is 63.8 Å². The van der Waals surface area contributed by atoms with Gasteiger partial charge in [-0.1, -0.05) is 6.92 Å². The fraction of sp³-hybridized carbons (Fsp3) is 0.520. The molecule has 11 heteroatoms. The van der Waals surface area contributed by atoms with E-state index < -0.39 is 12.0 Å². The molecule has 0 bridgehead atoms. The summed E-state index contributed by atoms with van der Waals surface area (Å²) in [6, 6.07) is 4.19. The lowest BCUT2D eigenvalue weighted by atomic mass is 9.93. The lowest BCUT2D eigenvalue weighted by Gasteiger charge is -2.26. The highest BCUT2D eigenvalue weighted by Gasteiger charge is 2.28. The standard InChI is InChI=1S/C25H31F2N7O2/c1-4-15(26)11-12-31(2)22-21-23(34(25(36)32(21)3)17-6-8-18(35)9-7-17)30-24(29-22)33-14-28-19-10-5-16(27)13-20(19)33/h5,10,13-15,17-18,35H,4,6-9,11-12H2,1-3H3. The summed E-state index contributed by atoms with van der Waals surface area (Å²) in [5, 5.41) is 10.00. The Morgan fingerprint density at radius 2 is 1.97 bits per heavy atom. The molecule has 1 N–H and O–H groups in total. The number of fused-ring (bicyclic) bond motifs is 2. The third kappa shape index (κ3) is 4.25. The van der Waals surface area contributed by atoms with Gasteiger partial charge in [0.2, 0.25) is 5.95 Å². The summed E-state index contributed by atoms with van der Waals surface area (Å²) in [6.07, 6.45) is 3.51. The molecule has 1 unspecified atom stereocenters. The summed E-state index contributed by atoms with van der Waals surface area (Å²) in [4.78, 5) is 29.2. The van der Waals surface area contributed by atoms with Crippen molar-refractivity contribution in [1.82, 2.24) is 28.7 Å². The predicted octanol–water partition coefficient (Wildman–Crippen LogP) is 3.66. The van der Waals surface area contributed by atoms with Crippen molar-refractivity contribution in [3.05, 3.63) is 40.8 Å². The number of hydrogen-bond donors (Lipinski definition) is 1. The second-order valence-corrected chi connectivity index (χ2v) is 9.66. The van der Waals surface area contributed by atoms with Crippen LogP contribution in [0, 0.1) is 5.82 Å². The third-order valence-electron chi connectivity index (χ3n) is 7.23. The van der Waals surface area contributed by atoms with Crippen LogP contribution < -0.4 is 10.6 Å². The molecule has 192 valence electrons. The van der Waals surface area contributed by atoms with Crippen LogP contribution in [0.5, 0.6) is 0 Å². The van der Waals surface area contributed by atoms with Crippen molar-refractivity contribution < 1.29 is 13.9 Å². The van der Waals surface area contributed by atoms with Gasteiger partial charge in [-0.25, -0.2) is 18.6 Å². The summed E-state index contributed by atoms with van der Waals surface area (Å²) >= 11 is 0. The van der Waals surface area contributed by atoms with Crippen LogP contribution in [0.25, 0.3) is 28.1 Å². The van der Waals surface area contributed by atoms with Crippen molar-refractivity contribution in [2.24, 2.45) is 7.05 Å². The van der Waals surface area contributed by atoms with E-state index >= 15 is 0 Å². The first kappa shape index (κ1) is 24.4. The minimum Gasteiger partial charge on any atom is -0.393 e. The van der Waals surface area contributed by atoms with E-state index in [1.807, 2.05) is 11.9 Å². The zero-order valence-electron chi connectivity index (χ0n) is 20.7. The molecular formula is C25H31F2N7O2. The highest BCUT2D eigenvalue weighted by molar-refractivity contribution is 5.86. The predicted molar refractivity (Wildman–Crippen MR) is 134 cm³/mol. The molecule has 1 saturated carbocycles. The van der Waals surface area contributed by atoms with Gasteiger partial charge in [0, 0.05) is 32.7 Å². The molecule has 1 aromatic carbocycles. The lowest BCUT2D eigenvalue weighted by Crippen LogP contribution is -2.30. The number of halogens is 2. The molecule has 1 aliphatic rings. The highest BCUT2D eigenvalue weighted by Crippen LogP contribution is 2.32. The molecule has 0 saturated heterocycles. The number of alkyl halides is 1. The number of aromatic nitrogens is 6. The molecule has 0 spiro atoms. The quantitative estimate of drug-likeness (QED) is 0.417. The average molecular weight is 500 g/mol. The highest BCUT2D eigenvalue weighted by atomic mass is 19.1. The Hall–Kier alpha value is -3.34. The topological polar surface area (TPSA) is 94.0 Å². The molecule has 4 aromatic rings. The van der Waals surface area contributed by atoms with Gasteiger partial charge in [-0.15, -0.1) is 0 Å². The van der Waals surface area contributed by atoms with Gasteiger partial charge >= 0.3 is 5.69 Å². The Labute approximate surface area is 207 Å². The zero-order chi connectivity index (χ0) is 25.6. The van der Waals surface area contributed by atoms with Crippen LogP contribution in [-0.4, -0.2) is 59.6 Å². The van der Waals surface area contributed by atoms with Crippen molar-refractivity contribution in [3.8, 4) is 5.95 Å². The van der Waals surface area contributed by atoms with Crippen molar-refractivity contribution >= 4 is 28.0 Å². The van der Waals surface area contributed by atoms with Crippen LogP contribution in [0.15, 0.2) is 29.3 Å². The fourth-order valence-electron chi connectivity index (χ4n) is 5.04. The van der Waals surface area contributed by atoms with Crippen molar-refractivity contribution in [1.29, 1.82) is 0 Å². The van der Waals surface area contributed by atoms with Gasteiger partial charge in [-0.05, 0) is 50.7 Å². The van der Waals surface area contributed by atoms with Gasteiger partial charge in [0.05, 0.1) is 17.1 Å². The summed E-state index contributed by atoms with van der Waals surface area (Å²) in [6.45, 7) is 2.20. The van der Waals surface area contributed by atoms with Gasteiger partial charge in [-0.2, -0.15) is 9.97 Å². The van der Waals surface area contributed by atoms with Gasteiger partial charge in [-0.3, -0.25) is 13.7 Å². The molecule has 36 heavy (non-hydrogen) atoms. The summed E-state index contributed by atoms with van der Waals surface area (Å²) in [5.41, 5.74) is 1.89. The number of imidazole rings is 2. The fourth-order valence-corrected chi connectivity index (χ4v) is 5.04. The van der Waals surface area contributed by atoms with E-state index in [1.54, 1.807) is 29.2 Å². The Bertz CT molecular complexity index is 1450. The Morgan fingerprint density at radius 3 is 2.69 bits per heavy atom. The van der Waals surface area contributed by atoms with E-state index in [2.05, 4.69) is 4.98 Å². The van der Waals surface area contributed by atoms with Crippen LogP contribution in [-0.2, 0) is 7.05 Å². The third-order valence-corrected chi connectivity index (χ3v) is 7.23. The van der Waals surface area contributed by atoms with Gasteiger partial charge < -0.3 is 10.0 Å². The smallest absolute Gasteiger partial charge is 0.330 e. The van der Waals surface area contributed by atoms with E-state index in [1.165, 1.54) is 23.0 Å². The first-order chi connectivity index (χ1) is 17.3. The number of hydrogen-bond acceptors (Lipinski definition) is 6. The summed E-state index contributed by atoms with van der Waals surface area (Å²) < 4.78 is 33.0. The van der Waals surface area contributed by atoms with Crippen molar-refractivity contribution in [3.63, 3.8) is 0 Å². The molecular weight excluding hydrogens is 468 g/mol. The maximum absolute atomic E-state index is 14.1. The number of aryl methyl sites for hydroxylation is 1. The Morgan fingerprint density at radius 1 is 1.22 bits per heavy atom. The molecule has 3 heterocycles. The van der Waals surface area contributed by atoms with Crippen LogP contribution in [0.2, 0.25) is 0 Å². The molecule has 0 radical (unpaired) electrons. The van der Waals surface area contributed by atoms with E-state index in [4.69, 9.17) is 9.97 Å². The molecule has 1 fully saturated rings. The number of rotatable bonds is 7. The minimum atomic E-state index is -0.938. The monoisotopic (exact) mass is 499 g/mol.